The molecule has 0 fully saturated rings. The summed E-state index contributed by atoms with van der Waals surface area (Å²) in [5.41, 5.74) is 1.55. The van der Waals surface area contributed by atoms with E-state index in [0.29, 0.717) is 0 Å². The summed E-state index contributed by atoms with van der Waals surface area (Å²) in [5, 5.41) is 10.9. The van der Waals surface area contributed by atoms with Crippen LogP contribution in [0.25, 0.3) is 11.0 Å². The summed E-state index contributed by atoms with van der Waals surface area (Å²) in [5.74, 6) is 0.737. The van der Waals surface area contributed by atoms with Crippen LogP contribution in [0.4, 0.5) is 0 Å². The van der Waals surface area contributed by atoms with Crippen LogP contribution < -0.4 is 4.52 Å². The lowest BCUT2D eigenvalue weighted by molar-refractivity contribution is 0.353. The Kier molecular flexibility index (Phi) is 4.25. The highest BCUT2D eigenvalue weighted by Gasteiger charge is 2.52. The molecule has 1 heterocycles. The topological polar surface area (TPSA) is 60.5 Å². The molecule has 0 spiro atoms. The third-order valence-corrected chi connectivity index (χ3v) is 6.66. The van der Waals surface area contributed by atoms with Gasteiger partial charge in [0.05, 0.1) is 0 Å². The molecule has 0 radical (unpaired) electrons. The van der Waals surface area contributed by atoms with E-state index in [2.05, 4.69) is 29.4 Å². The molecule has 0 saturated heterocycles. The summed E-state index contributed by atoms with van der Waals surface area (Å²) in [7, 11) is 10.1. The molecule has 0 saturated carbocycles. The Bertz CT molecular complexity index is 560. The normalized spacial score (nSPS) is 12.8. The first-order valence-corrected chi connectivity index (χ1v) is 7.87. The summed E-state index contributed by atoms with van der Waals surface area (Å²) < 4.78 is 12.8. The number of nitrogens with one attached hydrogen (secondary N) is 1. The fourth-order valence-corrected chi connectivity index (χ4v) is 5.41. The van der Waals surface area contributed by atoms with Crippen molar-refractivity contribution in [1.29, 1.82) is 0 Å². The lowest BCUT2D eigenvalue weighted by Crippen LogP contribution is -2.39. The van der Waals surface area contributed by atoms with E-state index in [1.54, 1.807) is 0 Å². The highest BCUT2D eigenvalue weighted by Crippen LogP contribution is 2.64. The van der Waals surface area contributed by atoms with Crippen LogP contribution in [-0.4, -0.2) is 71.7 Å². The Morgan fingerprint density at radius 1 is 0.950 bits per heavy atom. The van der Waals surface area contributed by atoms with Crippen molar-refractivity contribution in [3.05, 3.63) is 18.2 Å². The Labute approximate surface area is 120 Å². The van der Waals surface area contributed by atoms with Gasteiger partial charge in [-0.1, -0.05) is 6.07 Å². The van der Waals surface area contributed by atoms with Crippen molar-refractivity contribution in [2.45, 2.75) is 0 Å². The molecule has 8 heteroatoms. The van der Waals surface area contributed by atoms with Crippen molar-refractivity contribution >= 4 is 19.0 Å². The number of H-pyrrole nitrogens is 1. The highest BCUT2D eigenvalue weighted by molar-refractivity contribution is 7.64. The third-order valence-electron chi connectivity index (χ3n) is 3.09. The number of aromatic nitrogens is 3. The lowest BCUT2D eigenvalue weighted by Gasteiger charge is -2.36. The molecule has 1 aromatic carbocycles. The maximum atomic E-state index is 6.42. The summed E-state index contributed by atoms with van der Waals surface area (Å²) in [4.78, 5) is 0. The van der Waals surface area contributed by atoms with Crippen LogP contribution in [0.5, 0.6) is 5.75 Å². The van der Waals surface area contributed by atoms with Gasteiger partial charge >= 0.3 is 7.94 Å². The van der Waals surface area contributed by atoms with Crippen molar-refractivity contribution in [3.63, 3.8) is 0 Å². The number of nitrogens with zero attached hydrogens (tertiary/aromatic N) is 5. The maximum Gasteiger partial charge on any atom is 0.416 e. The minimum Gasteiger partial charge on any atom is -0.289 e. The number of hydrogen-bond donors (Lipinski definition) is 1. The minimum atomic E-state index is -2.10. The lowest BCUT2D eigenvalue weighted by atomic mass is 10.3. The van der Waals surface area contributed by atoms with Gasteiger partial charge in [-0.05, 0) is 12.1 Å². The molecule has 2 rings (SSSR count). The van der Waals surface area contributed by atoms with Crippen molar-refractivity contribution in [3.8, 4) is 5.75 Å². The molecule has 0 unspecified atom stereocenters. The van der Waals surface area contributed by atoms with E-state index in [9.17, 15) is 0 Å². The molecule has 0 aliphatic rings. The first-order chi connectivity index (χ1) is 9.39. The standard InChI is InChI=1S/C12H22N6OP/c1-16(2)20(17(3)4,18(5)6)19-11-9-7-8-10-12(11)14-15-13-10/h7-9H,1-6H3,(H,13,14,15)/q+1. The predicted octanol–water partition coefficient (Wildman–Crippen LogP) is 1.70. The van der Waals surface area contributed by atoms with Crippen LogP contribution in [0.3, 0.4) is 0 Å². The van der Waals surface area contributed by atoms with E-state index < -0.39 is 7.94 Å². The first-order valence-electron chi connectivity index (χ1n) is 6.31. The third kappa shape index (κ3) is 2.38. The highest BCUT2D eigenvalue weighted by atomic mass is 31.2. The number of fused-ring (bicyclic) bond motifs is 1. The second-order valence-electron chi connectivity index (χ2n) is 5.09. The Morgan fingerprint density at radius 3 is 2.10 bits per heavy atom. The molecular weight excluding hydrogens is 275 g/mol. The summed E-state index contributed by atoms with van der Waals surface area (Å²) >= 11 is 0. The zero-order chi connectivity index (χ0) is 14.9. The summed E-state index contributed by atoms with van der Waals surface area (Å²) in [6.07, 6.45) is 0. The molecule has 2 aromatic rings. The Hall–Kier alpha value is -1.27. The van der Waals surface area contributed by atoms with Gasteiger partial charge < -0.3 is 0 Å². The second-order valence-corrected chi connectivity index (χ2v) is 8.70. The van der Waals surface area contributed by atoms with Crippen LogP contribution in [-0.2, 0) is 0 Å². The van der Waals surface area contributed by atoms with Crippen molar-refractivity contribution in [1.82, 2.24) is 29.4 Å². The smallest absolute Gasteiger partial charge is 0.289 e. The van der Waals surface area contributed by atoms with Gasteiger partial charge in [-0.15, -0.1) is 14.0 Å². The molecule has 0 aliphatic heterocycles. The number of aromatic amines is 1. The average Bonchev–Trinajstić information content (AvgIpc) is 2.83. The van der Waals surface area contributed by atoms with Gasteiger partial charge in [-0.25, -0.2) is 0 Å². The molecule has 0 atom stereocenters. The van der Waals surface area contributed by atoms with Gasteiger partial charge in [0, 0.05) is 42.3 Å². The van der Waals surface area contributed by atoms with Crippen molar-refractivity contribution in [2.24, 2.45) is 0 Å². The number of para-hydroxylation sites is 1. The van der Waals surface area contributed by atoms with Gasteiger partial charge in [0.1, 0.15) is 5.52 Å². The molecule has 1 N–H and O–H groups in total. The predicted molar refractivity (Wildman–Crippen MR) is 82.5 cm³/mol. The monoisotopic (exact) mass is 297 g/mol. The van der Waals surface area contributed by atoms with Gasteiger partial charge in [0.25, 0.3) is 0 Å². The SMILES string of the molecule is CN(C)[P+](Oc1cccc2n[nH]nc12)(N(C)C)N(C)C. The quantitative estimate of drug-likeness (QED) is 0.848. The van der Waals surface area contributed by atoms with E-state index in [1.807, 2.05) is 60.5 Å². The van der Waals surface area contributed by atoms with Crippen LogP contribution in [0.1, 0.15) is 0 Å². The maximum absolute atomic E-state index is 6.42. The van der Waals surface area contributed by atoms with Crippen molar-refractivity contribution < 1.29 is 4.52 Å². The van der Waals surface area contributed by atoms with Gasteiger partial charge in [0.15, 0.2) is 5.52 Å². The van der Waals surface area contributed by atoms with E-state index in [4.69, 9.17) is 4.52 Å². The van der Waals surface area contributed by atoms with Gasteiger partial charge in [-0.3, -0.25) is 4.52 Å². The van der Waals surface area contributed by atoms with Crippen LogP contribution in [0, 0.1) is 0 Å². The zero-order valence-electron chi connectivity index (χ0n) is 12.8. The number of benzene rings is 1. The molecule has 7 nitrogen and oxygen atoms in total. The Balaban J connectivity index is 2.49. The molecule has 20 heavy (non-hydrogen) atoms. The number of hydrogen-bond acceptors (Lipinski definition) is 6. The zero-order valence-corrected chi connectivity index (χ0v) is 13.7. The molecule has 0 bridgehead atoms. The van der Waals surface area contributed by atoms with Crippen LogP contribution in [0.15, 0.2) is 18.2 Å². The molecule has 110 valence electrons. The molecular formula is C12H22N6OP+. The summed E-state index contributed by atoms with van der Waals surface area (Å²) in [6, 6.07) is 5.76. The Morgan fingerprint density at radius 2 is 1.55 bits per heavy atom. The molecule has 1 aromatic heterocycles. The molecule has 0 amide bonds. The van der Waals surface area contributed by atoms with E-state index in [0.717, 1.165) is 16.8 Å². The van der Waals surface area contributed by atoms with Crippen molar-refractivity contribution in [2.75, 3.05) is 42.3 Å². The number of rotatable bonds is 5. The average molecular weight is 297 g/mol. The fraction of sp³-hybridized carbons (Fsp3) is 0.500. The van der Waals surface area contributed by atoms with Gasteiger partial charge in [0.2, 0.25) is 5.75 Å². The van der Waals surface area contributed by atoms with Gasteiger partial charge in [-0.2, -0.15) is 15.4 Å². The van der Waals surface area contributed by atoms with E-state index in [-0.39, 0.29) is 0 Å². The second kappa shape index (κ2) is 5.61. The molecule has 0 aliphatic carbocycles. The van der Waals surface area contributed by atoms with Crippen LogP contribution in [0.2, 0.25) is 0 Å². The summed E-state index contributed by atoms with van der Waals surface area (Å²) in [6.45, 7) is 0. The largest absolute Gasteiger partial charge is 0.416 e. The van der Waals surface area contributed by atoms with Crippen LogP contribution >= 0.6 is 7.94 Å². The van der Waals surface area contributed by atoms with E-state index >= 15 is 0 Å². The fourth-order valence-electron chi connectivity index (χ4n) is 2.37. The first kappa shape index (κ1) is 15.1. The van der Waals surface area contributed by atoms with E-state index in [1.165, 1.54) is 0 Å². The minimum absolute atomic E-state index is 0.737.